The molecule has 7 nitrogen and oxygen atoms in total. The van der Waals surface area contributed by atoms with Gasteiger partial charge in [-0.15, -0.1) is 0 Å². The van der Waals surface area contributed by atoms with Crippen LogP contribution in [-0.2, 0) is 27.4 Å². The van der Waals surface area contributed by atoms with Crippen molar-refractivity contribution in [2.45, 2.75) is 25.9 Å². The molecule has 28 heavy (non-hydrogen) atoms. The number of guanidine groups is 1. The summed E-state index contributed by atoms with van der Waals surface area (Å²) < 4.78 is 10.3. The molecule has 3 rings (SSSR count). The lowest BCUT2D eigenvalue weighted by Crippen LogP contribution is -2.46. The molecule has 0 atom stereocenters. The van der Waals surface area contributed by atoms with Crippen molar-refractivity contribution >= 4 is 11.9 Å². The Labute approximate surface area is 167 Å². The molecule has 1 N–H and O–H groups in total. The molecule has 0 radical (unpaired) electrons. The van der Waals surface area contributed by atoms with Crippen LogP contribution in [0, 0.1) is 5.92 Å². The lowest BCUT2D eigenvalue weighted by atomic mass is 9.97. The number of piperidine rings is 1. The molecule has 2 fully saturated rings. The van der Waals surface area contributed by atoms with Crippen molar-refractivity contribution in [3.63, 3.8) is 0 Å². The second kappa shape index (κ2) is 10.4. The topological polar surface area (TPSA) is 66.4 Å². The fourth-order valence-electron chi connectivity index (χ4n) is 3.86. The summed E-state index contributed by atoms with van der Waals surface area (Å²) in [6.07, 6.45) is 1.62. The Morgan fingerprint density at radius 2 is 1.93 bits per heavy atom. The summed E-state index contributed by atoms with van der Waals surface area (Å²) in [5, 5.41) is 3.47. The maximum Gasteiger partial charge on any atom is 0.308 e. The van der Waals surface area contributed by atoms with Crippen LogP contribution in [0.4, 0.5) is 0 Å². The fraction of sp³-hybridized carbons (Fsp3) is 0.619. The van der Waals surface area contributed by atoms with E-state index in [1.807, 2.05) is 7.05 Å². The number of carbonyl (C=O) groups excluding carboxylic acids is 1. The summed E-state index contributed by atoms with van der Waals surface area (Å²) in [5.41, 5.74) is 2.58. The molecule has 0 amide bonds. The van der Waals surface area contributed by atoms with E-state index in [9.17, 15) is 4.79 Å². The van der Waals surface area contributed by atoms with Crippen LogP contribution in [0.15, 0.2) is 29.3 Å². The number of aliphatic imine (C=N–C) groups is 1. The zero-order valence-electron chi connectivity index (χ0n) is 17.0. The Bertz CT molecular complexity index is 665. The number of esters is 1. The number of ether oxygens (including phenoxy) is 2. The molecule has 0 saturated carbocycles. The molecule has 1 aromatic carbocycles. The van der Waals surface area contributed by atoms with Crippen molar-refractivity contribution in [2.75, 3.05) is 53.6 Å². The second-order valence-electron chi connectivity index (χ2n) is 7.39. The van der Waals surface area contributed by atoms with Crippen molar-refractivity contribution in [3.05, 3.63) is 35.4 Å². The summed E-state index contributed by atoms with van der Waals surface area (Å²) in [5.74, 6) is 0.804. The van der Waals surface area contributed by atoms with Crippen molar-refractivity contribution in [1.29, 1.82) is 0 Å². The fourth-order valence-corrected chi connectivity index (χ4v) is 3.86. The van der Waals surface area contributed by atoms with Crippen LogP contribution in [0.1, 0.15) is 24.0 Å². The van der Waals surface area contributed by atoms with Gasteiger partial charge in [0.2, 0.25) is 0 Å². The summed E-state index contributed by atoms with van der Waals surface area (Å²) in [4.78, 5) is 20.8. The van der Waals surface area contributed by atoms with Gasteiger partial charge in [0.1, 0.15) is 0 Å². The SMILES string of the molecule is CN=C(NCc1cccc(CN2CCOCC2)c1)N1CCC(C(=O)OC)CC1. The van der Waals surface area contributed by atoms with Gasteiger partial charge in [-0.1, -0.05) is 24.3 Å². The maximum absolute atomic E-state index is 11.7. The van der Waals surface area contributed by atoms with Crippen LogP contribution in [0.2, 0.25) is 0 Å². The van der Waals surface area contributed by atoms with Gasteiger partial charge in [0.05, 0.1) is 26.2 Å². The minimum absolute atomic E-state index is 0.0104. The minimum atomic E-state index is -0.0975. The third-order valence-electron chi connectivity index (χ3n) is 5.49. The average Bonchev–Trinajstić information content (AvgIpc) is 2.75. The highest BCUT2D eigenvalue weighted by molar-refractivity contribution is 5.80. The molecule has 154 valence electrons. The molecule has 2 aliphatic heterocycles. The van der Waals surface area contributed by atoms with Crippen LogP contribution >= 0.6 is 0 Å². The first-order valence-electron chi connectivity index (χ1n) is 10.1. The van der Waals surface area contributed by atoms with Gasteiger partial charge in [0, 0.05) is 46.3 Å². The molecule has 1 aromatic rings. The maximum atomic E-state index is 11.7. The molecular weight excluding hydrogens is 356 g/mol. The van der Waals surface area contributed by atoms with E-state index < -0.39 is 0 Å². The van der Waals surface area contributed by atoms with Gasteiger partial charge in [0.15, 0.2) is 5.96 Å². The van der Waals surface area contributed by atoms with Gasteiger partial charge < -0.3 is 19.7 Å². The first-order chi connectivity index (χ1) is 13.7. The normalized spacial score (nSPS) is 19.5. The quantitative estimate of drug-likeness (QED) is 0.468. The standard InChI is InChI=1S/C21H32N4O3/c1-22-21(25-8-6-19(7-9-25)20(26)27-2)23-15-17-4-3-5-18(14-17)16-24-10-12-28-13-11-24/h3-5,14,19H,6-13,15-16H2,1-2H3,(H,22,23). The van der Waals surface area contributed by atoms with Crippen LogP contribution in [0.25, 0.3) is 0 Å². The van der Waals surface area contributed by atoms with Crippen LogP contribution in [-0.4, -0.2) is 75.3 Å². The summed E-state index contributed by atoms with van der Waals surface area (Å²) in [6.45, 7) is 6.97. The number of nitrogens with one attached hydrogen (secondary N) is 1. The predicted molar refractivity (Wildman–Crippen MR) is 109 cm³/mol. The van der Waals surface area contributed by atoms with Gasteiger partial charge in [0.25, 0.3) is 0 Å². The van der Waals surface area contributed by atoms with Gasteiger partial charge in [-0.25, -0.2) is 0 Å². The van der Waals surface area contributed by atoms with E-state index >= 15 is 0 Å². The van der Waals surface area contributed by atoms with Crippen LogP contribution in [0.5, 0.6) is 0 Å². The van der Waals surface area contributed by atoms with E-state index in [0.29, 0.717) is 0 Å². The molecule has 0 unspecified atom stereocenters. The molecule has 0 aromatic heterocycles. The van der Waals surface area contributed by atoms with Gasteiger partial charge in [-0.3, -0.25) is 14.7 Å². The van der Waals surface area contributed by atoms with E-state index in [2.05, 4.69) is 44.4 Å². The van der Waals surface area contributed by atoms with E-state index in [1.54, 1.807) is 0 Å². The highest BCUT2D eigenvalue weighted by Gasteiger charge is 2.26. The van der Waals surface area contributed by atoms with Gasteiger partial charge >= 0.3 is 5.97 Å². The Kier molecular flexibility index (Phi) is 7.68. The molecule has 2 saturated heterocycles. The Balaban J connectivity index is 1.50. The molecule has 7 heteroatoms. The van der Waals surface area contributed by atoms with E-state index in [0.717, 1.165) is 71.3 Å². The Morgan fingerprint density at radius 3 is 2.61 bits per heavy atom. The monoisotopic (exact) mass is 388 g/mol. The molecule has 0 bridgehead atoms. The number of methoxy groups -OCH3 is 1. The molecule has 0 aliphatic carbocycles. The van der Waals surface area contributed by atoms with Crippen molar-refractivity contribution < 1.29 is 14.3 Å². The van der Waals surface area contributed by atoms with Crippen LogP contribution in [0.3, 0.4) is 0 Å². The predicted octanol–water partition coefficient (Wildman–Crippen LogP) is 1.48. The molecular formula is C21H32N4O3. The number of morpholine rings is 1. The number of nitrogens with zero attached hydrogens (tertiary/aromatic N) is 3. The lowest BCUT2D eigenvalue weighted by molar-refractivity contribution is -0.146. The third-order valence-corrected chi connectivity index (χ3v) is 5.49. The van der Waals surface area contributed by atoms with Crippen molar-refractivity contribution in [2.24, 2.45) is 10.9 Å². The number of likely N-dealkylation sites (tertiary alicyclic amines) is 1. The summed E-state index contributed by atoms with van der Waals surface area (Å²) >= 11 is 0. The van der Waals surface area contributed by atoms with Crippen LogP contribution < -0.4 is 5.32 Å². The van der Waals surface area contributed by atoms with Gasteiger partial charge in [-0.2, -0.15) is 0 Å². The zero-order chi connectivity index (χ0) is 19.8. The minimum Gasteiger partial charge on any atom is -0.469 e. The number of hydrogen-bond acceptors (Lipinski definition) is 5. The molecule has 2 aliphatic rings. The van der Waals surface area contributed by atoms with E-state index in [-0.39, 0.29) is 11.9 Å². The number of carbonyl (C=O) groups is 1. The third kappa shape index (κ3) is 5.69. The molecule has 0 spiro atoms. The summed E-state index contributed by atoms with van der Waals surface area (Å²) in [6, 6.07) is 8.72. The zero-order valence-corrected chi connectivity index (χ0v) is 17.0. The molecule has 2 heterocycles. The first kappa shape index (κ1) is 20.6. The number of rotatable bonds is 5. The summed E-state index contributed by atoms with van der Waals surface area (Å²) in [7, 11) is 3.27. The Morgan fingerprint density at radius 1 is 1.21 bits per heavy atom. The van der Waals surface area contributed by atoms with Crippen molar-refractivity contribution in [3.8, 4) is 0 Å². The van der Waals surface area contributed by atoms with Gasteiger partial charge in [-0.05, 0) is 24.0 Å². The number of benzene rings is 1. The lowest BCUT2D eigenvalue weighted by Gasteiger charge is -2.33. The highest BCUT2D eigenvalue weighted by Crippen LogP contribution is 2.18. The Hall–Kier alpha value is -2.12. The van der Waals surface area contributed by atoms with E-state index in [1.165, 1.54) is 18.2 Å². The first-order valence-corrected chi connectivity index (χ1v) is 10.1. The second-order valence-corrected chi connectivity index (χ2v) is 7.39. The van der Waals surface area contributed by atoms with Crippen molar-refractivity contribution in [1.82, 2.24) is 15.1 Å². The van der Waals surface area contributed by atoms with E-state index in [4.69, 9.17) is 9.47 Å². The smallest absolute Gasteiger partial charge is 0.308 e. The largest absolute Gasteiger partial charge is 0.469 e. The highest BCUT2D eigenvalue weighted by atomic mass is 16.5. The number of hydrogen-bond donors (Lipinski definition) is 1. The average molecular weight is 389 g/mol.